The van der Waals surface area contributed by atoms with Gasteiger partial charge < -0.3 is 26.2 Å². The number of ketones is 1. The Balaban J connectivity index is 1.57. The maximum atomic E-state index is 14.6. The van der Waals surface area contributed by atoms with Gasteiger partial charge in [-0.05, 0) is 82.0 Å². The number of likely N-dealkylation sites (tertiary alicyclic amines) is 1. The van der Waals surface area contributed by atoms with E-state index in [1.165, 1.54) is 0 Å². The molecular weight excluding hydrogens is 659 g/mol. The van der Waals surface area contributed by atoms with Gasteiger partial charge in [0.25, 0.3) is 5.91 Å². The number of nitrogens with zero attached hydrogens (tertiary/aromatic N) is 1. The minimum atomic E-state index is -3.56. The Bertz CT molecular complexity index is 1420. The summed E-state index contributed by atoms with van der Waals surface area (Å²) < 4.78 is 25.7. The van der Waals surface area contributed by atoms with Gasteiger partial charge >= 0.3 is 6.03 Å². The highest BCUT2D eigenvalue weighted by molar-refractivity contribution is 7.92. The number of hydrogen-bond donors (Lipinski definition) is 4. The fourth-order valence-corrected chi connectivity index (χ4v) is 9.81. The number of Topliss-reactive ketones (excluding diaryl/α,β-unsaturated/α-hetero) is 1. The van der Waals surface area contributed by atoms with Crippen molar-refractivity contribution in [3.63, 3.8) is 0 Å². The van der Waals surface area contributed by atoms with E-state index < -0.39 is 73.2 Å². The number of nitrogens with one attached hydrogen (secondary N) is 4. The van der Waals surface area contributed by atoms with E-state index in [-0.39, 0.29) is 29.0 Å². The molecule has 50 heavy (non-hydrogen) atoms. The third kappa shape index (κ3) is 9.02. The molecule has 1 saturated heterocycles. The summed E-state index contributed by atoms with van der Waals surface area (Å²) in [4.78, 5) is 70.2. The molecule has 5 atom stereocenters. The molecule has 0 bridgehead atoms. The van der Waals surface area contributed by atoms with Crippen LogP contribution in [0.3, 0.4) is 0 Å². The van der Waals surface area contributed by atoms with Gasteiger partial charge in [-0.1, -0.05) is 73.6 Å². The van der Waals surface area contributed by atoms with Crippen molar-refractivity contribution in [1.82, 2.24) is 26.2 Å². The molecule has 13 heteroatoms. The summed E-state index contributed by atoms with van der Waals surface area (Å²) in [6.07, 6.45) is 7.80. The second kappa shape index (κ2) is 14.7. The zero-order valence-corrected chi connectivity index (χ0v) is 32.7. The predicted octanol–water partition coefficient (Wildman–Crippen LogP) is 4.01. The largest absolute Gasteiger partial charge is 0.347 e. The van der Waals surface area contributed by atoms with Gasteiger partial charge in [0.1, 0.15) is 12.1 Å². The van der Waals surface area contributed by atoms with Crippen LogP contribution in [0.1, 0.15) is 133 Å². The number of rotatable bonds is 13. The SMILES string of the molecule is CCCCC(NC(=O)C1C2C(CN1C(=O)C(NC(=O)NC1(CS(=O)(=O)C(C)(C)C)CCCCC1)C(C)(C)C)CC2(C)C)C(=O)C(=O)NC1CC1. The Kier molecular flexibility index (Phi) is 11.8. The van der Waals surface area contributed by atoms with Crippen LogP contribution in [0.15, 0.2) is 0 Å². The number of carbonyl (C=O) groups is 5. The number of fused-ring (bicyclic) bond motifs is 1. The lowest BCUT2D eigenvalue weighted by Crippen LogP contribution is -2.64. The van der Waals surface area contributed by atoms with Crippen molar-refractivity contribution in [2.45, 2.75) is 167 Å². The van der Waals surface area contributed by atoms with Gasteiger partial charge in [-0.2, -0.15) is 0 Å². The van der Waals surface area contributed by atoms with Gasteiger partial charge in [0.2, 0.25) is 17.6 Å². The first kappa shape index (κ1) is 40.1. The van der Waals surface area contributed by atoms with E-state index in [0.717, 1.165) is 44.9 Å². The topological polar surface area (TPSA) is 171 Å². The summed E-state index contributed by atoms with van der Waals surface area (Å²) in [6, 6.07) is -3.52. The van der Waals surface area contributed by atoms with Crippen LogP contribution >= 0.6 is 0 Å². The van der Waals surface area contributed by atoms with Crippen molar-refractivity contribution in [3.05, 3.63) is 0 Å². The summed E-state index contributed by atoms with van der Waals surface area (Å²) in [7, 11) is -3.56. The molecule has 4 rings (SSSR count). The molecule has 3 aliphatic carbocycles. The third-order valence-corrected chi connectivity index (χ3v) is 14.2. The molecule has 4 aliphatic rings. The molecule has 4 fully saturated rings. The maximum Gasteiger partial charge on any atom is 0.315 e. The van der Waals surface area contributed by atoms with Crippen LogP contribution < -0.4 is 21.3 Å². The highest BCUT2D eigenvalue weighted by Gasteiger charge is 2.61. The van der Waals surface area contributed by atoms with Gasteiger partial charge in [-0.15, -0.1) is 0 Å². The number of carbonyl (C=O) groups excluding carboxylic acids is 5. The van der Waals surface area contributed by atoms with Crippen LogP contribution in [0.2, 0.25) is 0 Å². The van der Waals surface area contributed by atoms with Gasteiger partial charge in [-0.25, -0.2) is 13.2 Å². The molecule has 284 valence electrons. The fourth-order valence-electron chi connectivity index (χ4n) is 8.28. The lowest BCUT2D eigenvalue weighted by molar-refractivity contribution is -0.146. The first-order valence-electron chi connectivity index (χ1n) is 18.8. The van der Waals surface area contributed by atoms with Crippen molar-refractivity contribution >= 4 is 39.4 Å². The molecule has 0 aromatic carbocycles. The van der Waals surface area contributed by atoms with E-state index in [1.807, 2.05) is 27.7 Å². The van der Waals surface area contributed by atoms with E-state index in [0.29, 0.717) is 32.2 Å². The quantitative estimate of drug-likeness (QED) is 0.208. The number of hydrogen-bond acceptors (Lipinski definition) is 7. The van der Waals surface area contributed by atoms with Crippen molar-refractivity contribution in [1.29, 1.82) is 0 Å². The van der Waals surface area contributed by atoms with Crippen LogP contribution in [-0.2, 0) is 29.0 Å². The predicted molar refractivity (Wildman–Crippen MR) is 193 cm³/mol. The van der Waals surface area contributed by atoms with E-state index in [4.69, 9.17) is 0 Å². The van der Waals surface area contributed by atoms with E-state index in [2.05, 4.69) is 35.1 Å². The third-order valence-electron chi connectivity index (χ3n) is 11.5. The molecule has 1 aliphatic heterocycles. The number of urea groups is 1. The van der Waals surface area contributed by atoms with Crippen molar-refractivity contribution in [2.75, 3.05) is 12.3 Å². The summed E-state index contributed by atoms with van der Waals surface area (Å²) >= 11 is 0. The van der Waals surface area contributed by atoms with Crippen molar-refractivity contribution in [3.8, 4) is 0 Å². The molecule has 0 spiro atoms. The van der Waals surface area contributed by atoms with Crippen LogP contribution in [0, 0.1) is 22.7 Å². The zero-order chi connectivity index (χ0) is 37.4. The average Bonchev–Trinajstić information content (AvgIpc) is 3.74. The Morgan fingerprint density at radius 1 is 0.920 bits per heavy atom. The monoisotopic (exact) mass is 721 g/mol. The first-order valence-corrected chi connectivity index (χ1v) is 20.4. The van der Waals surface area contributed by atoms with Crippen molar-refractivity contribution < 1.29 is 32.4 Å². The highest BCUT2D eigenvalue weighted by atomic mass is 32.2. The second-order valence-corrected chi connectivity index (χ2v) is 21.1. The fraction of sp³-hybridized carbons (Fsp3) is 0.865. The van der Waals surface area contributed by atoms with Crippen LogP contribution in [0.25, 0.3) is 0 Å². The Labute approximate surface area is 299 Å². The Morgan fingerprint density at radius 3 is 2.06 bits per heavy atom. The highest BCUT2D eigenvalue weighted by Crippen LogP contribution is 2.57. The first-order chi connectivity index (χ1) is 23.0. The second-order valence-electron chi connectivity index (χ2n) is 18.3. The molecule has 4 N–H and O–H groups in total. The Hall–Kier alpha value is -2.70. The van der Waals surface area contributed by atoms with E-state index in [1.54, 1.807) is 25.7 Å². The molecular formula is C37H63N5O7S. The number of unbranched alkanes of at least 4 members (excludes halogenated alkanes) is 1. The minimum Gasteiger partial charge on any atom is -0.347 e. The summed E-state index contributed by atoms with van der Waals surface area (Å²) in [5.74, 6) is -2.49. The molecule has 1 heterocycles. The van der Waals surface area contributed by atoms with Crippen LogP contribution in [0.5, 0.6) is 0 Å². The molecule has 3 saturated carbocycles. The lowest BCUT2D eigenvalue weighted by atomic mass is 9.55. The van der Waals surface area contributed by atoms with Gasteiger partial charge in [0.05, 0.1) is 22.1 Å². The van der Waals surface area contributed by atoms with Crippen LogP contribution in [0.4, 0.5) is 4.79 Å². The van der Waals surface area contributed by atoms with Gasteiger partial charge in [-0.3, -0.25) is 19.2 Å². The molecule has 0 aromatic rings. The van der Waals surface area contributed by atoms with E-state index in [9.17, 15) is 32.4 Å². The molecule has 12 nitrogen and oxygen atoms in total. The minimum absolute atomic E-state index is 0.00312. The molecule has 0 aromatic heterocycles. The summed E-state index contributed by atoms with van der Waals surface area (Å²) in [5.41, 5.74) is -1.95. The summed E-state index contributed by atoms with van der Waals surface area (Å²) in [5, 5.41) is 11.6. The van der Waals surface area contributed by atoms with E-state index >= 15 is 0 Å². The zero-order valence-electron chi connectivity index (χ0n) is 31.9. The summed E-state index contributed by atoms with van der Waals surface area (Å²) in [6.45, 7) is 17.0. The Morgan fingerprint density at radius 2 is 1.54 bits per heavy atom. The van der Waals surface area contributed by atoms with Crippen LogP contribution in [-0.4, -0.2) is 89.6 Å². The normalized spacial score (nSPS) is 25.7. The standard InChI is InChI=1S/C37H63N5O7S/c1-10-11-15-25(28(43)31(45)38-24-16-17-24)39-30(44)27-26-23(20-36(26,8)9)21-42(27)32(46)29(34(2,3)4)40-33(47)41-37(18-13-12-14-19-37)22-50(48,49)35(5,6)7/h23-27,29H,10-22H2,1-9H3,(H,38,45)(H,39,44)(H2,40,41,47). The van der Waals surface area contributed by atoms with Crippen molar-refractivity contribution in [2.24, 2.45) is 22.7 Å². The smallest absolute Gasteiger partial charge is 0.315 e. The lowest BCUT2D eigenvalue weighted by Gasteiger charge is -2.49. The maximum absolute atomic E-state index is 14.6. The molecule has 5 unspecified atom stereocenters. The number of amides is 5. The average molecular weight is 722 g/mol. The number of sulfone groups is 1. The molecule has 5 amide bonds. The van der Waals surface area contributed by atoms with Gasteiger partial charge in [0.15, 0.2) is 9.84 Å². The molecule has 0 radical (unpaired) electrons. The van der Waals surface area contributed by atoms with Gasteiger partial charge in [0, 0.05) is 12.6 Å².